The predicted molar refractivity (Wildman–Crippen MR) is 136 cm³/mol. The van der Waals surface area contributed by atoms with Gasteiger partial charge in [0.05, 0.1) is 12.9 Å². The number of piperidine rings is 1. The molecule has 1 saturated heterocycles. The Morgan fingerprint density at radius 2 is 1.94 bits per heavy atom. The second-order valence-electron chi connectivity index (χ2n) is 8.81. The van der Waals surface area contributed by atoms with Crippen LogP contribution >= 0.6 is 11.8 Å². The van der Waals surface area contributed by atoms with E-state index in [0.717, 1.165) is 48.3 Å². The van der Waals surface area contributed by atoms with E-state index in [-0.39, 0.29) is 23.6 Å². The summed E-state index contributed by atoms with van der Waals surface area (Å²) in [7, 11) is 1.96. The van der Waals surface area contributed by atoms with Crippen molar-refractivity contribution < 1.29 is 14.3 Å². The van der Waals surface area contributed by atoms with Crippen LogP contribution in [0, 0.1) is 12.8 Å². The van der Waals surface area contributed by atoms with Crippen LogP contribution in [0.25, 0.3) is 0 Å². The zero-order chi connectivity index (χ0) is 24.1. The summed E-state index contributed by atoms with van der Waals surface area (Å²) >= 11 is 6.01. The first kappa shape index (κ1) is 24.0. The summed E-state index contributed by atoms with van der Waals surface area (Å²) in [5, 5.41) is 2.87. The van der Waals surface area contributed by atoms with Gasteiger partial charge in [0.25, 0.3) is 5.91 Å². The molecule has 1 aliphatic rings. The monoisotopic (exact) mass is 478 g/mol. The van der Waals surface area contributed by atoms with Gasteiger partial charge in [-0.25, -0.2) is 9.40 Å². The highest BCUT2D eigenvalue weighted by molar-refractivity contribution is 6.32. The number of hydrogen-bond donors (Lipinski definition) is 2. The Bertz CT molecular complexity index is 1160. The van der Waals surface area contributed by atoms with Crippen molar-refractivity contribution in [1.82, 2.24) is 14.4 Å². The quantitative estimate of drug-likeness (QED) is 0.295. The van der Waals surface area contributed by atoms with Crippen molar-refractivity contribution in [3.8, 4) is 5.75 Å². The van der Waals surface area contributed by atoms with Gasteiger partial charge in [0.15, 0.2) is 5.78 Å². The molecule has 34 heavy (non-hydrogen) atoms. The summed E-state index contributed by atoms with van der Waals surface area (Å²) in [4.78, 5) is 32.7. The van der Waals surface area contributed by atoms with Crippen molar-refractivity contribution >= 4 is 42.5 Å². The highest BCUT2D eigenvalue weighted by Gasteiger charge is 2.21. The zero-order valence-corrected chi connectivity index (χ0v) is 20.2. The molecule has 0 saturated carbocycles. The van der Waals surface area contributed by atoms with Crippen LogP contribution in [-0.4, -0.2) is 53.6 Å². The van der Waals surface area contributed by atoms with Crippen LogP contribution in [0.2, 0.25) is 0 Å². The minimum absolute atomic E-state index is 0.133. The normalized spacial score (nSPS) is 14.6. The van der Waals surface area contributed by atoms with Gasteiger partial charge in [0.1, 0.15) is 25.0 Å². The molecule has 176 valence electrons. The number of nitrogens with zero attached hydrogens (tertiary/aromatic N) is 2. The van der Waals surface area contributed by atoms with Crippen molar-refractivity contribution in [2.75, 3.05) is 25.0 Å². The van der Waals surface area contributed by atoms with Crippen molar-refractivity contribution in [3.63, 3.8) is 0 Å². The van der Waals surface area contributed by atoms with E-state index >= 15 is 0 Å². The summed E-state index contributed by atoms with van der Waals surface area (Å²) in [6.07, 6.45) is 3.57. The van der Waals surface area contributed by atoms with Crippen LogP contribution in [0.3, 0.4) is 0 Å². The summed E-state index contributed by atoms with van der Waals surface area (Å²) in [5.74, 6) is 0.661. The van der Waals surface area contributed by atoms with Crippen LogP contribution in [0.5, 0.6) is 5.75 Å². The third kappa shape index (κ3) is 6.07. The Hall–Kier alpha value is -3.10. The number of carbonyl (C=O) groups excluding carboxylic acids is 2. The summed E-state index contributed by atoms with van der Waals surface area (Å²) in [6, 6.07) is 13.3. The minimum Gasteiger partial charge on any atom is -0.493 e. The van der Waals surface area contributed by atoms with Gasteiger partial charge in [-0.2, -0.15) is 0 Å². The Labute approximate surface area is 205 Å². The molecule has 0 spiro atoms. The number of aromatic nitrogens is 2. The molecule has 1 fully saturated rings. The number of halogens is 1. The molecule has 7 nitrogen and oxygen atoms in total. The van der Waals surface area contributed by atoms with E-state index in [1.165, 1.54) is 6.33 Å². The number of hydrogen-bond acceptors (Lipinski definition) is 5. The number of Topliss-reactive ketones (excluding diaryl/α,β-unsaturated/α-hetero) is 1. The van der Waals surface area contributed by atoms with Crippen LogP contribution in [0.1, 0.15) is 44.9 Å². The lowest BCUT2D eigenvalue weighted by molar-refractivity contribution is 0.0967. The van der Waals surface area contributed by atoms with Crippen molar-refractivity contribution in [1.29, 1.82) is 0 Å². The zero-order valence-electron chi connectivity index (χ0n) is 19.4. The number of aryl methyl sites for hydroxylation is 1. The smallest absolute Gasteiger partial charge is 0.274 e. The average molecular weight is 479 g/mol. The molecule has 2 heterocycles. The van der Waals surface area contributed by atoms with Gasteiger partial charge in [-0.05, 0) is 66.8 Å². The summed E-state index contributed by atoms with van der Waals surface area (Å²) in [6.45, 7) is 4.35. The van der Waals surface area contributed by atoms with Gasteiger partial charge in [-0.15, -0.1) is 0 Å². The van der Waals surface area contributed by atoms with Gasteiger partial charge in [0.2, 0.25) is 0 Å². The van der Waals surface area contributed by atoms with Gasteiger partial charge >= 0.3 is 0 Å². The third-order valence-electron chi connectivity index (χ3n) is 6.11. The van der Waals surface area contributed by atoms with Crippen LogP contribution in [0.4, 0.5) is 5.69 Å². The number of carbonyl (C=O) groups is 2. The molecular formula is C25H28BClN4O3. The third-order valence-corrected chi connectivity index (χ3v) is 6.44. The molecule has 2 aromatic carbocycles. The second kappa shape index (κ2) is 10.9. The highest BCUT2D eigenvalue weighted by Crippen LogP contribution is 2.21. The number of ketones is 1. The lowest BCUT2D eigenvalue weighted by Gasteiger charge is -2.26. The topological polar surface area (TPSA) is 87.3 Å². The minimum atomic E-state index is -0.390. The Morgan fingerprint density at radius 1 is 1.21 bits per heavy atom. The number of aromatic amines is 1. The number of imidazole rings is 1. The van der Waals surface area contributed by atoms with Crippen molar-refractivity contribution in [2.24, 2.45) is 5.92 Å². The maximum atomic E-state index is 12.9. The Kier molecular flexibility index (Phi) is 7.70. The first-order valence-electron chi connectivity index (χ1n) is 11.5. The molecule has 0 atom stereocenters. The van der Waals surface area contributed by atoms with Crippen LogP contribution in [0.15, 0.2) is 48.8 Å². The molecule has 1 aliphatic heterocycles. The molecule has 0 radical (unpaired) electrons. The van der Waals surface area contributed by atoms with Crippen molar-refractivity contribution in [3.05, 3.63) is 71.3 Å². The SMILES string of the molecule is Bc1ccc(C)c(NC(=O)c2[nH]cnc2C(=O)Cc2ccc(OCC3CCN(Cl)CC3)cc2)c1. The first-order valence-corrected chi connectivity index (χ1v) is 11.8. The molecule has 0 unspecified atom stereocenters. The molecule has 4 rings (SSSR count). The number of benzene rings is 2. The number of amides is 1. The van der Waals surface area contributed by atoms with Gasteiger partial charge in [-0.1, -0.05) is 29.7 Å². The molecule has 9 heteroatoms. The van der Waals surface area contributed by atoms with Gasteiger partial charge in [-0.3, -0.25) is 9.59 Å². The van der Waals surface area contributed by atoms with E-state index in [4.69, 9.17) is 16.5 Å². The number of rotatable bonds is 8. The standard InChI is InChI=1S/C25H28BClN4O3/c1-16-2-5-19(26)13-21(16)30-25(33)24-23(28-15-29-24)22(32)12-17-3-6-20(7-4-17)34-14-18-8-10-31(27)11-9-18/h2-7,13,15,18H,8-12,14,26H2,1H3,(H,28,29)(H,30,33). The maximum absolute atomic E-state index is 12.9. The fraction of sp³-hybridized carbons (Fsp3) is 0.320. The Morgan fingerprint density at radius 3 is 2.68 bits per heavy atom. The van der Waals surface area contributed by atoms with E-state index in [2.05, 4.69) is 15.3 Å². The number of H-pyrrole nitrogens is 1. The average Bonchev–Trinajstić information content (AvgIpc) is 3.32. The summed E-state index contributed by atoms with van der Waals surface area (Å²) < 4.78 is 7.74. The lowest BCUT2D eigenvalue weighted by Crippen LogP contribution is -2.29. The molecule has 1 aromatic heterocycles. The fourth-order valence-electron chi connectivity index (χ4n) is 3.99. The van der Waals surface area contributed by atoms with Gasteiger partial charge < -0.3 is 15.0 Å². The van der Waals surface area contributed by atoms with Gasteiger partial charge in [0, 0.05) is 25.2 Å². The van der Waals surface area contributed by atoms with E-state index in [1.807, 2.05) is 61.7 Å². The second-order valence-corrected chi connectivity index (χ2v) is 9.28. The molecule has 1 amide bonds. The number of ether oxygens (including phenoxy) is 1. The highest BCUT2D eigenvalue weighted by atomic mass is 35.5. The molecular weight excluding hydrogens is 451 g/mol. The molecule has 0 bridgehead atoms. The molecule has 0 aliphatic carbocycles. The lowest BCUT2D eigenvalue weighted by atomic mass is 9.94. The van der Waals surface area contributed by atoms with E-state index in [0.29, 0.717) is 18.2 Å². The molecule has 2 N–H and O–H groups in total. The number of nitrogens with one attached hydrogen (secondary N) is 2. The fourth-order valence-corrected chi connectivity index (χ4v) is 4.18. The maximum Gasteiger partial charge on any atom is 0.274 e. The van der Waals surface area contributed by atoms with Crippen molar-refractivity contribution in [2.45, 2.75) is 26.2 Å². The van der Waals surface area contributed by atoms with E-state index < -0.39 is 5.91 Å². The largest absolute Gasteiger partial charge is 0.493 e. The van der Waals surface area contributed by atoms with Crippen LogP contribution < -0.4 is 15.5 Å². The predicted octanol–water partition coefficient (Wildman–Crippen LogP) is 2.90. The summed E-state index contributed by atoms with van der Waals surface area (Å²) in [5.41, 5.74) is 3.81. The Balaban J connectivity index is 1.35. The number of anilines is 1. The van der Waals surface area contributed by atoms with E-state index in [1.54, 1.807) is 0 Å². The molecule has 3 aromatic rings. The van der Waals surface area contributed by atoms with Crippen LogP contribution in [-0.2, 0) is 6.42 Å². The van der Waals surface area contributed by atoms with E-state index in [9.17, 15) is 9.59 Å². The first-order chi connectivity index (χ1) is 16.4.